The van der Waals surface area contributed by atoms with Gasteiger partial charge in [0.25, 0.3) is 0 Å². The molecule has 2 heterocycles. The maximum Gasteiger partial charge on any atom is 0.250 e. The summed E-state index contributed by atoms with van der Waals surface area (Å²) >= 11 is 17.3. The third-order valence-corrected chi connectivity index (χ3v) is 4.41. The Balaban J connectivity index is 1.61. The second-order valence-corrected chi connectivity index (χ2v) is 6.49. The lowest BCUT2D eigenvalue weighted by molar-refractivity contribution is -0.115. The summed E-state index contributed by atoms with van der Waals surface area (Å²) in [6, 6.07) is 14.1. The van der Waals surface area contributed by atoms with Crippen LogP contribution < -0.4 is 10.6 Å². The molecule has 1 amide bonds. The van der Waals surface area contributed by atoms with E-state index in [1.807, 2.05) is 0 Å². The Labute approximate surface area is 171 Å². The average molecular weight is 418 g/mol. The van der Waals surface area contributed by atoms with Crippen molar-refractivity contribution in [2.75, 3.05) is 5.32 Å². The van der Waals surface area contributed by atoms with Gasteiger partial charge in [0.15, 0.2) is 5.11 Å². The third kappa shape index (κ3) is 5.17. The zero-order valence-corrected chi connectivity index (χ0v) is 16.1. The van der Waals surface area contributed by atoms with Gasteiger partial charge in [-0.15, -0.1) is 0 Å². The molecule has 0 spiro atoms. The number of carbonyl (C=O) groups is 1. The lowest BCUT2D eigenvalue weighted by Gasteiger charge is -2.06. The fraction of sp³-hybridized carbons (Fsp3) is 0. The Hall–Kier alpha value is -2.67. The number of benzene rings is 1. The van der Waals surface area contributed by atoms with Crippen molar-refractivity contribution >= 4 is 58.3 Å². The van der Waals surface area contributed by atoms with Crippen LogP contribution in [0.25, 0.3) is 17.4 Å². The van der Waals surface area contributed by atoms with Gasteiger partial charge >= 0.3 is 0 Å². The van der Waals surface area contributed by atoms with Gasteiger partial charge in [0.05, 0.1) is 10.0 Å². The van der Waals surface area contributed by atoms with Crippen molar-refractivity contribution in [2.45, 2.75) is 0 Å². The van der Waals surface area contributed by atoms with E-state index >= 15 is 0 Å². The van der Waals surface area contributed by atoms with Crippen LogP contribution in [-0.2, 0) is 4.79 Å². The van der Waals surface area contributed by atoms with Crippen LogP contribution in [0, 0.1) is 0 Å². The summed E-state index contributed by atoms with van der Waals surface area (Å²) in [4.78, 5) is 16.0. The summed E-state index contributed by atoms with van der Waals surface area (Å²) in [5.41, 5.74) is 0.675. The van der Waals surface area contributed by atoms with Crippen molar-refractivity contribution in [1.29, 1.82) is 0 Å². The topological polar surface area (TPSA) is 67.2 Å². The Morgan fingerprint density at radius 3 is 2.74 bits per heavy atom. The number of aromatic nitrogens is 1. The zero-order valence-electron chi connectivity index (χ0n) is 13.8. The number of thiocarbonyl (C=S) groups is 1. The normalized spacial score (nSPS) is 10.7. The first-order valence-corrected chi connectivity index (χ1v) is 8.94. The molecule has 2 aromatic heterocycles. The number of rotatable bonds is 4. The molecule has 8 heteroatoms. The molecule has 1 aromatic carbocycles. The zero-order chi connectivity index (χ0) is 19.2. The molecule has 0 radical (unpaired) electrons. The minimum Gasteiger partial charge on any atom is -0.457 e. The fourth-order valence-corrected chi connectivity index (χ4v) is 2.78. The Morgan fingerprint density at radius 1 is 1.11 bits per heavy atom. The highest BCUT2D eigenvalue weighted by Gasteiger charge is 2.10. The monoisotopic (exact) mass is 417 g/mol. The van der Waals surface area contributed by atoms with Gasteiger partial charge in [-0.25, -0.2) is 4.98 Å². The predicted octanol–water partition coefficient (Wildman–Crippen LogP) is 5.17. The predicted molar refractivity (Wildman–Crippen MR) is 112 cm³/mol. The summed E-state index contributed by atoms with van der Waals surface area (Å²) in [7, 11) is 0. The molecule has 0 aliphatic heterocycles. The number of anilines is 1. The van der Waals surface area contributed by atoms with Crippen molar-refractivity contribution in [3.8, 4) is 11.3 Å². The molecule has 0 fully saturated rings. The molecule has 0 saturated heterocycles. The van der Waals surface area contributed by atoms with Gasteiger partial charge in [-0.3, -0.25) is 10.1 Å². The van der Waals surface area contributed by atoms with Crippen LogP contribution >= 0.6 is 35.4 Å². The van der Waals surface area contributed by atoms with E-state index in [1.54, 1.807) is 54.7 Å². The number of hydrogen-bond acceptors (Lipinski definition) is 4. The van der Waals surface area contributed by atoms with Crippen molar-refractivity contribution in [3.63, 3.8) is 0 Å². The third-order valence-electron chi connectivity index (χ3n) is 3.39. The molecule has 0 aliphatic rings. The molecule has 3 rings (SSSR count). The first-order valence-electron chi connectivity index (χ1n) is 7.78. The number of halogens is 2. The summed E-state index contributed by atoms with van der Waals surface area (Å²) in [5, 5.41) is 6.34. The smallest absolute Gasteiger partial charge is 0.250 e. The lowest BCUT2D eigenvalue weighted by Crippen LogP contribution is -2.33. The summed E-state index contributed by atoms with van der Waals surface area (Å²) < 4.78 is 5.69. The molecular formula is C19H13Cl2N3O2S. The van der Waals surface area contributed by atoms with Gasteiger partial charge in [-0.1, -0.05) is 35.3 Å². The minimum absolute atomic E-state index is 0.147. The quantitative estimate of drug-likeness (QED) is 0.452. The SMILES string of the molecule is O=C(/C=C/c1ccc(-c2cccc(Cl)c2Cl)o1)NC(=S)Nc1ccccn1. The Kier molecular flexibility index (Phi) is 6.24. The maximum absolute atomic E-state index is 12.0. The van der Waals surface area contributed by atoms with Gasteiger partial charge in [0.1, 0.15) is 17.3 Å². The van der Waals surface area contributed by atoms with Crippen molar-refractivity contribution in [2.24, 2.45) is 0 Å². The van der Waals surface area contributed by atoms with Crippen LogP contribution in [0.5, 0.6) is 0 Å². The lowest BCUT2D eigenvalue weighted by atomic mass is 10.2. The minimum atomic E-state index is -0.401. The second kappa shape index (κ2) is 8.81. The van der Waals surface area contributed by atoms with E-state index in [1.165, 1.54) is 12.2 Å². The molecule has 3 aromatic rings. The van der Waals surface area contributed by atoms with Gasteiger partial charge < -0.3 is 9.73 Å². The maximum atomic E-state index is 12.0. The van der Waals surface area contributed by atoms with Crippen LogP contribution in [0.15, 0.2) is 65.2 Å². The molecule has 0 unspecified atom stereocenters. The molecule has 2 N–H and O–H groups in total. The highest BCUT2D eigenvalue weighted by Crippen LogP contribution is 2.34. The molecule has 27 heavy (non-hydrogen) atoms. The van der Waals surface area contributed by atoms with Crippen LogP contribution in [0.2, 0.25) is 10.0 Å². The number of furan rings is 1. The van der Waals surface area contributed by atoms with Crippen LogP contribution in [-0.4, -0.2) is 16.0 Å². The first-order chi connectivity index (χ1) is 13.0. The van der Waals surface area contributed by atoms with Crippen LogP contribution in [0.4, 0.5) is 5.82 Å². The van der Waals surface area contributed by atoms with E-state index in [2.05, 4.69) is 15.6 Å². The Morgan fingerprint density at radius 2 is 1.96 bits per heavy atom. The second-order valence-electron chi connectivity index (χ2n) is 5.30. The largest absolute Gasteiger partial charge is 0.457 e. The van der Waals surface area contributed by atoms with Gasteiger partial charge in [0.2, 0.25) is 5.91 Å². The number of nitrogens with zero attached hydrogens (tertiary/aromatic N) is 1. The van der Waals surface area contributed by atoms with Gasteiger partial charge in [0, 0.05) is 17.8 Å². The van der Waals surface area contributed by atoms with Crippen molar-refractivity contribution in [1.82, 2.24) is 10.3 Å². The fourth-order valence-electron chi connectivity index (χ4n) is 2.18. The molecule has 0 atom stereocenters. The number of carbonyl (C=O) groups excluding carboxylic acids is 1. The molecular weight excluding hydrogens is 405 g/mol. The van der Waals surface area contributed by atoms with E-state index in [0.717, 1.165) is 0 Å². The molecule has 0 aliphatic carbocycles. The average Bonchev–Trinajstić information content (AvgIpc) is 3.12. The molecule has 0 bridgehead atoms. The van der Waals surface area contributed by atoms with Gasteiger partial charge in [-0.2, -0.15) is 0 Å². The number of hydrogen-bond donors (Lipinski definition) is 2. The molecule has 0 saturated carbocycles. The van der Waals surface area contributed by atoms with Crippen molar-refractivity contribution < 1.29 is 9.21 Å². The molecule has 136 valence electrons. The van der Waals surface area contributed by atoms with E-state index in [9.17, 15) is 4.79 Å². The standard InChI is InChI=1S/C19H13Cl2N3O2S/c20-14-5-3-4-13(18(14)21)15-9-7-12(26-15)8-10-17(25)24-19(27)23-16-6-1-2-11-22-16/h1-11H,(H2,22,23,24,25,27)/b10-8+. The van der Waals surface area contributed by atoms with Gasteiger partial charge in [-0.05, 0) is 54.7 Å². The highest BCUT2D eigenvalue weighted by molar-refractivity contribution is 7.80. The van der Waals surface area contributed by atoms with E-state index in [4.69, 9.17) is 39.8 Å². The summed E-state index contributed by atoms with van der Waals surface area (Å²) in [6.07, 6.45) is 4.46. The van der Waals surface area contributed by atoms with Crippen LogP contribution in [0.3, 0.4) is 0 Å². The Bertz CT molecular complexity index is 1000. The number of pyridine rings is 1. The number of amides is 1. The van der Waals surface area contributed by atoms with E-state index < -0.39 is 5.91 Å². The summed E-state index contributed by atoms with van der Waals surface area (Å²) in [5.74, 6) is 1.18. The van der Waals surface area contributed by atoms with Crippen LogP contribution in [0.1, 0.15) is 5.76 Å². The number of nitrogens with one attached hydrogen (secondary N) is 2. The van der Waals surface area contributed by atoms with E-state index in [-0.39, 0.29) is 5.11 Å². The van der Waals surface area contributed by atoms with Crippen molar-refractivity contribution in [3.05, 3.63) is 76.6 Å². The first kappa shape index (κ1) is 19.1. The summed E-state index contributed by atoms with van der Waals surface area (Å²) in [6.45, 7) is 0. The molecule has 5 nitrogen and oxygen atoms in total. The highest BCUT2D eigenvalue weighted by atomic mass is 35.5. The van der Waals surface area contributed by atoms with E-state index in [0.29, 0.717) is 32.9 Å².